The van der Waals surface area contributed by atoms with Gasteiger partial charge in [0, 0.05) is 55.9 Å². The fourth-order valence-electron chi connectivity index (χ4n) is 7.77. The highest BCUT2D eigenvalue weighted by atomic mass is 35.5. The number of carbonyl (C=O) groups is 1. The number of hydrogen-bond acceptors (Lipinski definition) is 10. The molecule has 10 nitrogen and oxygen atoms in total. The van der Waals surface area contributed by atoms with Crippen LogP contribution in [-0.4, -0.2) is 88.4 Å². The number of hydrogen-bond donors (Lipinski definition) is 2. The molecule has 4 aliphatic rings. The summed E-state index contributed by atoms with van der Waals surface area (Å²) in [6, 6.07) is 5.93. The molecule has 2 aromatic carbocycles. The Morgan fingerprint density at radius 2 is 2.04 bits per heavy atom. The maximum absolute atomic E-state index is 16.9. The van der Waals surface area contributed by atoms with Gasteiger partial charge in [-0.15, -0.1) is 11.3 Å². The first kappa shape index (κ1) is 32.3. The number of nitrogens with two attached hydrogens (primary N) is 1. The third-order valence-corrected chi connectivity index (χ3v) is 11.7. The minimum atomic E-state index is -0.962. The Kier molecular flexibility index (Phi) is 8.01. The highest BCUT2D eigenvalue weighted by molar-refractivity contribution is 7.23. The van der Waals surface area contributed by atoms with Crippen molar-refractivity contribution in [1.82, 2.24) is 25.1 Å². The van der Waals surface area contributed by atoms with E-state index >= 15 is 4.39 Å². The van der Waals surface area contributed by atoms with Gasteiger partial charge in [0.1, 0.15) is 47.3 Å². The standard InChI is InChI=1S/C34H33ClF3N7O3S/c1-16-27(41-16)32(46)44-9-5-18(6-10-44)48-31-20-11-22(35)25(19-3-4-23(37)29-24(19)21(13-39)30(40)49-29)26(38)28(20)42-33(43-31)47-15-34-7-2-8-45(34)14-17(36)12-34/h3-4,11,16-18,27,41H,2,5-10,12,14-15,40H2,1H3/t16-,17+,27+,34-/m0/s1. The first-order valence-corrected chi connectivity index (χ1v) is 17.6. The smallest absolute Gasteiger partial charge is 0.320 e. The molecule has 2 aromatic heterocycles. The number of rotatable bonds is 7. The van der Waals surface area contributed by atoms with Crippen LogP contribution >= 0.6 is 22.9 Å². The normalized spacial score (nSPS) is 25.6. The third-order valence-electron chi connectivity index (χ3n) is 10.4. The lowest BCUT2D eigenvalue weighted by Gasteiger charge is -2.32. The molecule has 0 bridgehead atoms. The summed E-state index contributed by atoms with van der Waals surface area (Å²) in [6.45, 7) is 4.19. The lowest BCUT2D eigenvalue weighted by molar-refractivity contribution is -0.132. The number of fused-ring (bicyclic) bond motifs is 3. The molecule has 256 valence electrons. The molecule has 0 spiro atoms. The van der Waals surface area contributed by atoms with Crippen molar-refractivity contribution in [3.8, 4) is 29.1 Å². The van der Waals surface area contributed by atoms with Crippen LogP contribution in [-0.2, 0) is 4.79 Å². The van der Waals surface area contributed by atoms with Gasteiger partial charge in [0.2, 0.25) is 11.8 Å². The van der Waals surface area contributed by atoms with Crippen LogP contribution in [0.15, 0.2) is 18.2 Å². The summed E-state index contributed by atoms with van der Waals surface area (Å²) < 4.78 is 58.9. The van der Waals surface area contributed by atoms with Gasteiger partial charge in [-0.1, -0.05) is 17.7 Å². The Labute approximate surface area is 288 Å². The number of thiophene rings is 1. The summed E-state index contributed by atoms with van der Waals surface area (Å²) >= 11 is 7.69. The molecule has 4 aromatic rings. The van der Waals surface area contributed by atoms with E-state index in [2.05, 4.69) is 20.2 Å². The van der Waals surface area contributed by atoms with E-state index in [9.17, 15) is 18.8 Å². The number of nitriles is 1. The fraction of sp³-hybridized carbons (Fsp3) is 0.471. The number of nitrogens with zero attached hydrogens (tertiary/aromatic N) is 5. The Morgan fingerprint density at radius 1 is 1.27 bits per heavy atom. The van der Waals surface area contributed by atoms with Crippen molar-refractivity contribution in [3.63, 3.8) is 0 Å². The number of amides is 1. The number of piperidine rings is 1. The summed E-state index contributed by atoms with van der Waals surface area (Å²) in [5.74, 6) is -1.30. The molecule has 8 rings (SSSR count). The Morgan fingerprint density at radius 3 is 2.78 bits per heavy atom. The summed E-state index contributed by atoms with van der Waals surface area (Å²) in [6.07, 6.45) is 1.77. The second-order valence-corrected chi connectivity index (χ2v) is 14.9. The van der Waals surface area contributed by atoms with Crippen molar-refractivity contribution in [2.75, 3.05) is 38.5 Å². The van der Waals surface area contributed by atoms with Crippen LogP contribution in [0.4, 0.5) is 18.2 Å². The number of alkyl halides is 1. The SMILES string of the molecule is C[C@@H]1N[C@H]1C(=O)N1CCC(Oc2nc(OC[C@@]34CCCN3C[C@H](F)C4)nc3c(F)c(-c4ccc(F)c5sc(N)c(C#N)c45)c(Cl)cc23)CC1. The molecule has 4 fully saturated rings. The van der Waals surface area contributed by atoms with Crippen molar-refractivity contribution in [3.05, 3.63) is 40.4 Å². The minimum Gasteiger partial charge on any atom is -0.474 e. The molecule has 1 amide bonds. The molecular formula is C34H33ClF3N7O3S. The first-order valence-electron chi connectivity index (χ1n) is 16.4. The maximum atomic E-state index is 16.9. The summed E-state index contributed by atoms with van der Waals surface area (Å²) in [7, 11) is 0. The van der Waals surface area contributed by atoms with E-state index in [1.54, 1.807) is 0 Å². The van der Waals surface area contributed by atoms with Gasteiger partial charge in [-0.25, -0.2) is 13.2 Å². The number of anilines is 1. The average Bonchev–Trinajstić information content (AvgIpc) is 3.36. The quantitative estimate of drug-likeness (QED) is 0.235. The predicted molar refractivity (Wildman–Crippen MR) is 180 cm³/mol. The number of ether oxygens (including phenoxy) is 2. The molecule has 0 saturated carbocycles. The molecule has 15 heteroatoms. The topological polar surface area (TPSA) is 140 Å². The van der Waals surface area contributed by atoms with Crippen LogP contribution in [0, 0.1) is 23.0 Å². The zero-order valence-electron chi connectivity index (χ0n) is 26.6. The van der Waals surface area contributed by atoms with E-state index in [1.807, 2.05) is 17.9 Å². The predicted octanol–water partition coefficient (Wildman–Crippen LogP) is 5.58. The van der Waals surface area contributed by atoms with Crippen LogP contribution in [0.5, 0.6) is 11.9 Å². The molecule has 0 unspecified atom stereocenters. The second kappa shape index (κ2) is 12.2. The molecule has 3 N–H and O–H groups in total. The van der Waals surface area contributed by atoms with Crippen molar-refractivity contribution in [1.29, 1.82) is 5.26 Å². The van der Waals surface area contributed by atoms with E-state index in [1.165, 1.54) is 18.2 Å². The number of halogens is 4. The number of benzene rings is 2. The van der Waals surface area contributed by atoms with Crippen LogP contribution < -0.4 is 20.5 Å². The maximum Gasteiger partial charge on any atom is 0.320 e. The van der Waals surface area contributed by atoms with E-state index < -0.39 is 23.3 Å². The lowest BCUT2D eigenvalue weighted by atomic mass is 9.95. The number of likely N-dealkylation sites (tertiary alicyclic amines) is 1. The van der Waals surface area contributed by atoms with Crippen molar-refractivity contribution in [2.24, 2.45) is 0 Å². The van der Waals surface area contributed by atoms with Gasteiger partial charge in [-0.05, 0) is 44.0 Å². The van der Waals surface area contributed by atoms with E-state index in [4.69, 9.17) is 26.8 Å². The number of carbonyl (C=O) groups excluding carboxylic acids is 1. The molecule has 4 atom stereocenters. The molecular weight excluding hydrogens is 679 g/mol. The summed E-state index contributed by atoms with van der Waals surface area (Å²) in [5.41, 5.74) is 5.54. The number of nitrogens with one attached hydrogen (secondary N) is 1. The van der Waals surface area contributed by atoms with Crippen molar-refractivity contribution >= 4 is 54.8 Å². The lowest BCUT2D eigenvalue weighted by Crippen LogP contribution is -2.44. The zero-order valence-corrected chi connectivity index (χ0v) is 28.1. The van der Waals surface area contributed by atoms with Gasteiger partial charge in [0.05, 0.1) is 26.2 Å². The Bertz CT molecular complexity index is 2050. The van der Waals surface area contributed by atoms with Crippen molar-refractivity contribution < 1.29 is 27.4 Å². The monoisotopic (exact) mass is 711 g/mol. The molecule has 0 radical (unpaired) electrons. The van der Waals surface area contributed by atoms with Crippen LogP contribution in [0.25, 0.3) is 32.1 Å². The number of aromatic nitrogens is 2. The van der Waals surface area contributed by atoms with Gasteiger partial charge < -0.3 is 20.1 Å². The zero-order chi connectivity index (χ0) is 34.2. The third kappa shape index (κ3) is 5.51. The van der Waals surface area contributed by atoms with E-state index in [-0.39, 0.29) is 90.3 Å². The van der Waals surface area contributed by atoms with Gasteiger partial charge >= 0.3 is 6.01 Å². The van der Waals surface area contributed by atoms with Crippen LogP contribution in [0.2, 0.25) is 5.02 Å². The molecule has 6 heterocycles. The van der Waals surface area contributed by atoms with Gasteiger partial charge in [0.15, 0.2) is 5.82 Å². The Balaban J connectivity index is 1.18. The molecule has 4 aliphatic heterocycles. The minimum absolute atomic E-state index is 0.0272. The second-order valence-electron chi connectivity index (χ2n) is 13.4. The largest absolute Gasteiger partial charge is 0.474 e. The fourth-order valence-corrected chi connectivity index (χ4v) is 9.01. The molecule has 4 saturated heterocycles. The van der Waals surface area contributed by atoms with Gasteiger partial charge in [-0.2, -0.15) is 15.2 Å². The van der Waals surface area contributed by atoms with E-state index in [0.717, 1.165) is 30.7 Å². The average molecular weight is 712 g/mol. The van der Waals surface area contributed by atoms with Gasteiger partial charge in [0.25, 0.3) is 0 Å². The van der Waals surface area contributed by atoms with E-state index in [0.29, 0.717) is 38.9 Å². The van der Waals surface area contributed by atoms with Crippen molar-refractivity contribution in [2.45, 2.75) is 68.9 Å². The number of nitrogen functional groups attached to an aromatic ring is 1. The molecule has 49 heavy (non-hydrogen) atoms. The summed E-state index contributed by atoms with van der Waals surface area (Å²) in [4.78, 5) is 25.7. The summed E-state index contributed by atoms with van der Waals surface area (Å²) in [5, 5.41) is 13.4. The van der Waals surface area contributed by atoms with Crippen LogP contribution in [0.1, 0.15) is 44.6 Å². The van der Waals surface area contributed by atoms with Gasteiger partial charge in [-0.3, -0.25) is 15.0 Å². The Hall–Kier alpha value is -3.90. The van der Waals surface area contributed by atoms with Crippen LogP contribution in [0.3, 0.4) is 0 Å². The highest BCUT2D eigenvalue weighted by Crippen LogP contribution is 2.46. The molecule has 0 aliphatic carbocycles. The highest BCUT2D eigenvalue weighted by Gasteiger charge is 2.49. The first-order chi connectivity index (χ1) is 23.6.